The standard InChI is InChI=1S/C14H21N/c1-12(2)8-14-10-15(11-14)9-13-6-4-3-5-7-13/h3-7,12,14H,8-11H2,1-2H3. The third-order valence-electron chi connectivity index (χ3n) is 3.09. The molecule has 1 heterocycles. The summed E-state index contributed by atoms with van der Waals surface area (Å²) < 4.78 is 0. The van der Waals surface area contributed by atoms with Crippen LogP contribution in [0.25, 0.3) is 0 Å². The van der Waals surface area contributed by atoms with Gasteiger partial charge >= 0.3 is 0 Å². The van der Waals surface area contributed by atoms with Crippen LogP contribution in [-0.4, -0.2) is 18.0 Å². The summed E-state index contributed by atoms with van der Waals surface area (Å²) in [5, 5.41) is 0. The van der Waals surface area contributed by atoms with Gasteiger partial charge in [-0.2, -0.15) is 0 Å². The zero-order valence-corrected chi connectivity index (χ0v) is 9.82. The van der Waals surface area contributed by atoms with Crippen molar-refractivity contribution in [2.75, 3.05) is 13.1 Å². The molecule has 1 aromatic rings. The highest BCUT2D eigenvalue weighted by Gasteiger charge is 2.26. The summed E-state index contributed by atoms with van der Waals surface area (Å²) in [6.45, 7) is 8.37. The molecule has 1 aliphatic heterocycles. The minimum Gasteiger partial charge on any atom is -0.298 e. The van der Waals surface area contributed by atoms with E-state index in [2.05, 4.69) is 49.1 Å². The van der Waals surface area contributed by atoms with Crippen molar-refractivity contribution in [3.05, 3.63) is 35.9 Å². The summed E-state index contributed by atoms with van der Waals surface area (Å²) in [5.41, 5.74) is 1.44. The van der Waals surface area contributed by atoms with Gasteiger partial charge in [0.2, 0.25) is 0 Å². The maximum Gasteiger partial charge on any atom is 0.0233 e. The summed E-state index contributed by atoms with van der Waals surface area (Å²) in [7, 11) is 0. The summed E-state index contributed by atoms with van der Waals surface area (Å²) in [6, 6.07) is 10.8. The van der Waals surface area contributed by atoms with Crippen molar-refractivity contribution >= 4 is 0 Å². The molecule has 1 nitrogen and oxygen atoms in total. The zero-order valence-electron chi connectivity index (χ0n) is 9.82. The number of rotatable bonds is 4. The lowest BCUT2D eigenvalue weighted by molar-refractivity contribution is 0.0777. The van der Waals surface area contributed by atoms with Gasteiger partial charge in [0.1, 0.15) is 0 Å². The molecular weight excluding hydrogens is 182 g/mol. The molecular formula is C14H21N. The van der Waals surface area contributed by atoms with Crippen molar-refractivity contribution in [2.24, 2.45) is 11.8 Å². The summed E-state index contributed by atoms with van der Waals surface area (Å²) in [4.78, 5) is 2.54. The molecule has 0 aliphatic carbocycles. The fourth-order valence-electron chi connectivity index (χ4n) is 2.46. The Hall–Kier alpha value is -0.820. The Morgan fingerprint density at radius 1 is 1.20 bits per heavy atom. The van der Waals surface area contributed by atoms with Gasteiger partial charge in [0.15, 0.2) is 0 Å². The van der Waals surface area contributed by atoms with E-state index in [9.17, 15) is 0 Å². The normalized spacial score (nSPS) is 18.1. The third kappa shape index (κ3) is 3.07. The Labute approximate surface area is 93.1 Å². The molecule has 1 aromatic carbocycles. The summed E-state index contributed by atoms with van der Waals surface area (Å²) in [5.74, 6) is 1.81. The molecule has 0 radical (unpaired) electrons. The van der Waals surface area contributed by atoms with Crippen LogP contribution in [0.1, 0.15) is 25.8 Å². The van der Waals surface area contributed by atoms with E-state index in [4.69, 9.17) is 0 Å². The van der Waals surface area contributed by atoms with Gasteiger partial charge in [-0.1, -0.05) is 44.2 Å². The van der Waals surface area contributed by atoms with Crippen LogP contribution in [0.4, 0.5) is 0 Å². The van der Waals surface area contributed by atoms with E-state index in [0.29, 0.717) is 0 Å². The Morgan fingerprint density at radius 2 is 1.87 bits per heavy atom. The molecule has 1 fully saturated rings. The van der Waals surface area contributed by atoms with Gasteiger partial charge in [0.05, 0.1) is 0 Å². The van der Waals surface area contributed by atoms with Gasteiger partial charge in [0, 0.05) is 19.6 Å². The van der Waals surface area contributed by atoms with Crippen LogP contribution >= 0.6 is 0 Å². The van der Waals surface area contributed by atoms with Gasteiger partial charge < -0.3 is 0 Å². The first kappa shape index (κ1) is 10.7. The molecule has 1 saturated heterocycles. The number of nitrogens with zero attached hydrogens (tertiary/aromatic N) is 1. The summed E-state index contributed by atoms with van der Waals surface area (Å²) >= 11 is 0. The van der Waals surface area contributed by atoms with Crippen molar-refractivity contribution in [3.8, 4) is 0 Å². The van der Waals surface area contributed by atoms with Gasteiger partial charge in [-0.15, -0.1) is 0 Å². The van der Waals surface area contributed by atoms with E-state index in [1.54, 1.807) is 0 Å². The second-order valence-electron chi connectivity index (χ2n) is 5.18. The molecule has 0 spiro atoms. The fourth-order valence-corrected chi connectivity index (χ4v) is 2.46. The van der Waals surface area contributed by atoms with Crippen LogP contribution in [0, 0.1) is 11.8 Å². The molecule has 0 atom stereocenters. The van der Waals surface area contributed by atoms with E-state index in [0.717, 1.165) is 18.4 Å². The molecule has 1 heteroatoms. The predicted molar refractivity (Wildman–Crippen MR) is 64.7 cm³/mol. The second-order valence-corrected chi connectivity index (χ2v) is 5.18. The van der Waals surface area contributed by atoms with Crippen LogP contribution in [0.2, 0.25) is 0 Å². The largest absolute Gasteiger partial charge is 0.298 e. The van der Waals surface area contributed by atoms with Crippen molar-refractivity contribution < 1.29 is 0 Å². The first-order chi connectivity index (χ1) is 7.24. The minimum absolute atomic E-state index is 0.855. The van der Waals surface area contributed by atoms with Crippen LogP contribution < -0.4 is 0 Å². The number of hydrogen-bond donors (Lipinski definition) is 0. The molecule has 0 N–H and O–H groups in total. The average Bonchev–Trinajstić information content (AvgIpc) is 2.15. The van der Waals surface area contributed by atoms with Crippen LogP contribution in [0.3, 0.4) is 0 Å². The van der Waals surface area contributed by atoms with Crippen molar-refractivity contribution in [3.63, 3.8) is 0 Å². The van der Waals surface area contributed by atoms with Gasteiger partial charge in [-0.05, 0) is 23.8 Å². The minimum atomic E-state index is 0.855. The Balaban J connectivity index is 1.72. The van der Waals surface area contributed by atoms with E-state index in [1.165, 1.54) is 25.1 Å². The molecule has 0 unspecified atom stereocenters. The number of likely N-dealkylation sites (tertiary alicyclic amines) is 1. The molecule has 1 aliphatic rings. The number of benzene rings is 1. The van der Waals surface area contributed by atoms with Crippen LogP contribution in [0.5, 0.6) is 0 Å². The smallest absolute Gasteiger partial charge is 0.0233 e. The lowest BCUT2D eigenvalue weighted by Crippen LogP contribution is -2.46. The van der Waals surface area contributed by atoms with E-state index in [1.807, 2.05) is 0 Å². The van der Waals surface area contributed by atoms with E-state index in [-0.39, 0.29) is 0 Å². The molecule has 0 saturated carbocycles. The Kier molecular flexibility index (Phi) is 3.42. The van der Waals surface area contributed by atoms with Crippen LogP contribution in [0.15, 0.2) is 30.3 Å². The maximum absolute atomic E-state index is 2.54. The molecule has 2 rings (SSSR count). The van der Waals surface area contributed by atoms with Gasteiger partial charge in [-0.25, -0.2) is 0 Å². The quantitative estimate of drug-likeness (QED) is 0.726. The van der Waals surface area contributed by atoms with E-state index >= 15 is 0 Å². The van der Waals surface area contributed by atoms with Gasteiger partial charge in [-0.3, -0.25) is 4.90 Å². The van der Waals surface area contributed by atoms with E-state index < -0.39 is 0 Å². The molecule has 0 aromatic heterocycles. The SMILES string of the molecule is CC(C)CC1CN(Cc2ccccc2)C1. The average molecular weight is 203 g/mol. The highest BCUT2D eigenvalue weighted by molar-refractivity contribution is 5.14. The van der Waals surface area contributed by atoms with Crippen LogP contribution in [-0.2, 0) is 6.54 Å². The molecule has 0 amide bonds. The number of hydrogen-bond acceptors (Lipinski definition) is 1. The molecule has 15 heavy (non-hydrogen) atoms. The lowest BCUT2D eigenvalue weighted by Gasteiger charge is -2.40. The predicted octanol–water partition coefficient (Wildman–Crippen LogP) is 3.16. The maximum atomic E-state index is 2.54. The van der Waals surface area contributed by atoms with Gasteiger partial charge in [0.25, 0.3) is 0 Å². The highest BCUT2D eigenvalue weighted by Crippen LogP contribution is 2.24. The highest BCUT2D eigenvalue weighted by atomic mass is 15.2. The van der Waals surface area contributed by atoms with Crippen molar-refractivity contribution in [2.45, 2.75) is 26.8 Å². The zero-order chi connectivity index (χ0) is 10.7. The second kappa shape index (κ2) is 4.80. The topological polar surface area (TPSA) is 3.24 Å². The Morgan fingerprint density at radius 3 is 2.47 bits per heavy atom. The Bertz CT molecular complexity index is 285. The molecule has 0 bridgehead atoms. The summed E-state index contributed by atoms with van der Waals surface area (Å²) in [6.07, 6.45) is 1.39. The van der Waals surface area contributed by atoms with Crippen molar-refractivity contribution in [1.82, 2.24) is 4.90 Å². The lowest BCUT2D eigenvalue weighted by atomic mass is 9.90. The third-order valence-corrected chi connectivity index (χ3v) is 3.09. The first-order valence-corrected chi connectivity index (χ1v) is 6.00. The molecule has 82 valence electrons. The fraction of sp³-hybridized carbons (Fsp3) is 0.571. The first-order valence-electron chi connectivity index (χ1n) is 6.00. The monoisotopic (exact) mass is 203 g/mol. The van der Waals surface area contributed by atoms with Crippen molar-refractivity contribution in [1.29, 1.82) is 0 Å².